The summed E-state index contributed by atoms with van der Waals surface area (Å²) in [6.07, 6.45) is 13.7. The monoisotopic (exact) mass is 436 g/mol. The molecule has 1 aromatic rings. The lowest BCUT2D eigenvalue weighted by molar-refractivity contribution is -0.137. The van der Waals surface area contributed by atoms with Gasteiger partial charge in [0.15, 0.2) is 17.3 Å². The third-order valence-corrected chi connectivity index (χ3v) is 10.2. The Balaban J connectivity index is 1.32. The van der Waals surface area contributed by atoms with E-state index >= 15 is 0 Å². The van der Waals surface area contributed by atoms with Gasteiger partial charge in [0.25, 0.3) is 0 Å². The third kappa shape index (κ3) is 2.83. The lowest BCUT2D eigenvalue weighted by Crippen LogP contribution is -2.52. The Morgan fingerprint density at radius 1 is 1.03 bits per heavy atom. The molecule has 4 saturated carbocycles. The average molecular weight is 437 g/mol. The van der Waals surface area contributed by atoms with Crippen molar-refractivity contribution in [2.45, 2.75) is 71.6 Å². The number of ether oxygens (including phenoxy) is 3. The van der Waals surface area contributed by atoms with Crippen LogP contribution in [-0.4, -0.2) is 19.7 Å². The van der Waals surface area contributed by atoms with Crippen LogP contribution in [0, 0.1) is 34.5 Å². The van der Waals surface area contributed by atoms with E-state index in [4.69, 9.17) is 14.2 Å². The molecule has 6 unspecified atom stereocenters. The fraction of sp³-hybridized carbons (Fsp3) is 0.679. The van der Waals surface area contributed by atoms with E-state index in [-0.39, 0.29) is 12.2 Å². The second-order valence-corrected chi connectivity index (χ2v) is 11.5. The fourth-order valence-corrected chi connectivity index (χ4v) is 8.53. The van der Waals surface area contributed by atoms with Gasteiger partial charge in [0.05, 0.1) is 7.11 Å². The molecule has 32 heavy (non-hydrogen) atoms. The van der Waals surface area contributed by atoms with Crippen LogP contribution in [0.25, 0.3) is 6.08 Å². The lowest BCUT2D eigenvalue weighted by Gasteiger charge is -2.59. The molecule has 6 rings (SSSR count). The maximum Gasteiger partial charge on any atom is 0.231 e. The molecule has 5 aliphatic rings. The Morgan fingerprint density at radius 3 is 2.75 bits per heavy atom. The van der Waals surface area contributed by atoms with Crippen LogP contribution in [0.2, 0.25) is 0 Å². The predicted octanol–water partition coefficient (Wildman–Crippen LogP) is 6.42. The topological polar surface area (TPSA) is 44.8 Å². The number of Topliss-reactive ketones (excluding diaryl/α,β-unsaturated/α-hetero) is 1. The summed E-state index contributed by atoms with van der Waals surface area (Å²) < 4.78 is 16.7. The van der Waals surface area contributed by atoms with Gasteiger partial charge < -0.3 is 14.2 Å². The minimum absolute atomic E-state index is 0.189. The summed E-state index contributed by atoms with van der Waals surface area (Å²) in [4.78, 5) is 13.7. The number of benzene rings is 1. The molecule has 1 heterocycles. The number of carbonyl (C=O) groups excluding carboxylic acids is 1. The zero-order valence-corrected chi connectivity index (χ0v) is 19.7. The highest BCUT2D eigenvalue weighted by atomic mass is 16.7. The molecule has 0 saturated heterocycles. The molecule has 0 spiro atoms. The van der Waals surface area contributed by atoms with Crippen molar-refractivity contribution in [3.63, 3.8) is 0 Å². The van der Waals surface area contributed by atoms with Crippen LogP contribution in [0.4, 0.5) is 0 Å². The van der Waals surface area contributed by atoms with Crippen molar-refractivity contribution in [3.8, 4) is 17.2 Å². The molecule has 0 N–H and O–H groups in total. The normalized spacial score (nSPS) is 41.2. The van der Waals surface area contributed by atoms with Gasteiger partial charge >= 0.3 is 0 Å². The maximum atomic E-state index is 13.7. The molecule has 0 bridgehead atoms. The molecule has 0 radical (unpaired) electrons. The van der Waals surface area contributed by atoms with Gasteiger partial charge in [0.2, 0.25) is 12.5 Å². The molecule has 1 aromatic carbocycles. The van der Waals surface area contributed by atoms with Gasteiger partial charge in [0, 0.05) is 5.41 Å². The van der Waals surface area contributed by atoms with Gasteiger partial charge in [-0.3, -0.25) is 4.79 Å². The molecule has 0 aromatic heterocycles. The number of rotatable bonds is 2. The van der Waals surface area contributed by atoms with Crippen LogP contribution in [0.5, 0.6) is 17.2 Å². The van der Waals surface area contributed by atoms with Gasteiger partial charge in [-0.1, -0.05) is 26.7 Å². The van der Waals surface area contributed by atoms with Crippen LogP contribution in [0.15, 0.2) is 17.7 Å². The van der Waals surface area contributed by atoms with Crippen LogP contribution < -0.4 is 14.2 Å². The van der Waals surface area contributed by atoms with Gasteiger partial charge in [-0.05, 0) is 103 Å². The van der Waals surface area contributed by atoms with Gasteiger partial charge in [0.1, 0.15) is 0 Å². The predicted molar refractivity (Wildman–Crippen MR) is 124 cm³/mol. The highest BCUT2D eigenvalue weighted by Gasteiger charge is 2.60. The smallest absolute Gasteiger partial charge is 0.231 e. The first kappa shape index (κ1) is 20.6. The van der Waals surface area contributed by atoms with E-state index in [2.05, 4.69) is 19.9 Å². The molecule has 6 atom stereocenters. The van der Waals surface area contributed by atoms with Crippen molar-refractivity contribution in [2.24, 2.45) is 34.5 Å². The van der Waals surface area contributed by atoms with Crippen molar-refractivity contribution < 1.29 is 19.0 Å². The van der Waals surface area contributed by atoms with E-state index in [1.807, 2.05) is 12.1 Å². The first-order chi connectivity index (χ1) is 15.4. The molecule has 1 aliphatic heterocycles. The zero-order chi connectivity index (χ0) is 22.1. The lowest BCUT2D eigenvalue weighted by atomic mass is 9.45. The van der Waals surface area contributed by atoms with Crippen molar-refractivity contribution in [3.05, 3.63) is 23.3 Å². The second-order valence-electron chi connectivity index (χ2n) is 11.5. The number of allylic oxidation sites excluding steroid dienone is 1. The minimum atomic E-state index is -0.189. The summed E-state index contributed by atoms with van der Waals surface area (Å²) in [6, 6.07) is 3.95. The zero-order valence-electron chi connectivity index (χ0n) is 19.7. The first-order valence-electron chi connectivity index (χ1n) is 12.7. The Bertz CT molecular complexity index is 980. The minimum Gasteiger partial charge on any atom is -0.493 e. The Labute approximate surface area is 191 Å². The van der Waals surface area contributed by atoms with Gasteiger partial charge in [-0.25, -0.2) is 0 Å². The fourth-order valence-electron chi connectivity index (χ4n) is 8.53. The quantitative estimate of drug-likeness (QED) is 0.502. The number of methoxy groups -OCH3 is 1. The van der Waals surface area contributed by atoms with E-state index in [1.54, 1.807) is 7.11 Å². The van der Waals surface area contributed by atoms with Crippen molar-refractivity contribution in [2.75, 3.05) is 13.9 Å². The molecular weight excluding hydrogens is 400 g/mol. The number of carbonyl (C=O) groups is 1. The number of hydrogen-bond acceptors (Lipinski definition) is 4. The van der Waals surface area contributed by atoms with E-state index in [9.17, 15) is 4.79 Å². The van der Waals surface area contributed by atoms with Crippen LogP contribution in [0.3, 0.4) is 0 Å². The largest absolute Gasteiger partial charge is 0.493 e. The number of fused-ring (bicyclic) bond motifs is 6. The standard InChI is InChI=1S/C28H36O4/c1-27-10-5-4-6-19(27)7-8-20-21(27)9-11-28(2)22(20)15-18(26(28)29)12-17-13-23(30-3)25-24(14-17)31-16-32-25/h12-14,19-22H,4-11,15-16H2,1-3H3. The summed E-state index contributed by atoms with van der Waals surface area (Å²) in [5, 5.41) is 0. The summed E-state index contributed by atoms with van der Waals surface area (Å²) in [5.41, 5.74) is 2.28. The van der Waals surface area contributed by atoms with Crippen LogP contribution in [0.1, 0.15) is 77.2 Å². The number of ketones is 1. The Morgan fingerprint density at radius 2 is 1.91 bits per heavy atom. The number of hydrogen-bond donors (Lipinski definition) is 0. The maximum absolute atomic E-state index is 13.7. The molecule has 172 valence electrons. The van der Waals surface area contributed by atoms with Gasteiger partial charge in [-0.2, -0.15) is 0 Å². The summed E-state index contributed by atoms with van der Waals surface area (Å²) in [6.45, 7) is 5.09. The molecule has 4 nitrogen and oxygen atoms in total. The highest BCUT2D eigenvalue weighted by Crippen LogP contribution is 2.66. The summed E-state index contributed by atoms with van der Waals surface area (Å²) in [7, 11) is 1.65. The van der Waals surface area contributed by atoms with E-state index in [0.29, 0.717) is 40.3 Å². The van der Waals surface area contributed by atoms with Crippen LogP contribution in [-0.2, 0) is 4.79 Å². The molecule has 4 heteroatoms. The van der Waals surface area contributed by atoms with Crippen molar-refractivity contribution in [1.29, 1.82) is 0 Å². The summed E-state index contributed by atoms with van der Waals surface area (Å²) >= 11 is 0. The summed E-state index contributed by atoms with van der Waals surface area (Å²) in [5.74, 6) is 5.33. The Hall–Kier alpha value is -1.97. The van der Waals surface area contributed by atoms with Crippen molar-refractivity contribution in [1.82, 2.24) is 0 Å². The first-order valence-corrected chi connectivity index (χ1v) is 12.7. The van der Waals surface area contributed by atoms with E-state index in [0.717, 1.165) is 35.8 Å². The highest BCUT2D eigenvalue weighted by molar-refractivity contribution is 6.06. The van der Waals surface area contributed by atoms with Crippen molar-refractivity contribution >= 4 is 11.9 Å². The van der Waals surface area contributed by atoms with E-state index in [1.165, 1.54) is 44.9 Å². The Kier molecular flexibility index (Phi) is 4.68. The third-order valence-electron chi connectivity index (χ3n) is 10.2. The average Bonchev–Trinajstić information content (AvgIpc) is 3.36. The van der Waals surface area contributed by atoms with E-state index < -0.39 is 0 Å². The van der Waals surface area contributed by atoms with Gasteiger partial charge in [-0.15, -0.1) is 0 Å². The molecule has 0 amide bonds. The molecule has 4 fully saturated rings. The van der Waals surface area contributed by atoms with Crippen LogP contribution >= 0.6 is 0 Å². The SMILES string of the molecule is COc1cc(C=C2CC3C4CCC5CCCCC5(C)C4CCC3(C)C2=O)cc2c1OCO2. The molecular formula is C28H36O4. The second kappa shape index (κ2) is 7.27. The molecule has 4 aliphatic carbocycles.